The number of hydrogen-bond acceptors (Lipinski definition) is 2. The first-order valence-electron chi connectivity index (χ1n) is 8.19. The normalized spacial score (nSPS) is 24.1. The van der Waals surface area contributed by atoms with Crippen LogP contribution in [0.5, 0.6) is 0 Å². The standard InChI is InChI=1S/C16H30N2O/c1-3-13-18(14-7-11-17-12-8-14)15(19)16(2)9-5-4-6-10-16/h14,17H,3-13H2,1-2H3. The Morgan fingerprint density at radius 3 is 2.42 bits per heavy atom. The third-order valence-corrected chi connectivity index (χ3v) is 4.95. The molecular weight excluding hydrogens is 236 g/mol. The summed E-state index contributed by atoms with van der Waals surface area (Å²) in [6, 6.07) is 0.479. The first-order valence-corrected chi connectivity index (χ1v) is 8.19. The minimum atomic E-state index is -0.0711. The predicted octanol–water partition coefficient (Wildman–Crippen LogP) is 2.95. The van der Waals surface area contributed by atoms with Crippen LogP contribution in [0.3, 0.4) is 0 Å². The third kappa shape index (κ3) is 3.50. The second-order valence-electron chi connectivity index (χ2n) is 6.60. The topological polar surface area (TPSA) is 32.3 Å². The van der Waals surface area contributed by atoms with E-state index < -0.39 is 0 Å². The van der Waals surface area contributed by atoms with Crippen LogP contribution < -0.4 is 5.32 Å². The number of amides is 1. The van der Waals surface area contributed by atoms with Crippen molar-refractivity contribution in [3.8, 4) is 0 Å². The number of carbonyl (C=O) groups excluding carboxylic acids is 1. The van der Waals surface area contributed by atoms with Gasteiger partial charge in [-0.2, -0.15) is 0 Å². The Kier molecular flexibility index (Phi) is 5.26. The Morgan fingerprint density at radius 2 is 1.84 bits per heavy atom. The monoisotopic (exact) mass is 266 g/mol. The highest BCUT2D eigenvalue weighted by molar-refractivity contribution is 5.82. The van der Waals surface area contributed by atoms with Gasteiger partial charge in [0.15, 0.2) is 0 Å². The summed E-state index contributed by atoms with van der Waals surface area (Å²) < 4.78 is 0. The average molecular weight is 266 g/mol. The Labute approximate surface area is 118 Å². The fourth-order valence-electron chi connectivity index (χ4n) is 3.70. The van der Waals surface area contributed by atoms with Gasteiger partial charge in [-0.3, -0.25) is 4.79 Å². The van der Waals surface area contributed by atoms with Gasteiger partial charge in [-0.05, 0) is 45.2 Å². The van der Waals surface area contributed by atoms with Gasteiger partial charge in [-0.25, -0.2) is 0 Å². The number of hydrogen-bond donors (Lipinski definition) is 1. The van der Waals surface area contributed by atoms with E-state index in [4.69, 9.17) is 0 Å². The van der Waals surface area contributed by atoms with E-state index in [2.05, 4.69) is 24.1 Å². The molecule has 110 valence electrons. The fraction of sp³-hybridized carbons (Fsp3) is 0.938. The lowest BCUT2D eigenvalue weighted by Gasteiger charge is -2.42. The molecular formula is C16H30N2O. The van der Waals surface area contributed by atoms with Crippen molar-refractivity contribution in [1.29, 1.82) is 0 Å². The molecule has 1 aliphatic carbocycles. The molecule has 0 spiro atoms. The summed E-state index contributed by atoms with van der Waals surface area (Å²) in [7, 11) is 0. The van der Waals surface area contributed by atoms with Gasteiger partial charge in [0.1, 0.15) is 0 Å². The number of nitrogens with one attached hydrogen (secondary N) is 1. The lowest BCUT2D eigenvalue weighted by atomic mass is 9.74. The van der Waals surface area contributed by atoms with E-state index in [0.29, 0.717) is 11.9 Å². The molecule has 2 fully saturated rings. The van der Waals surface area contributed by atoms with E-state index >= 15 is 0 Å². The quantitative estimate of drug-likeness (QED) is 0.848. The first kappa shape index (κ1) is 14.8. The van der Waals surface area contributed by atoms with E-state index in [1.54, 1.807) is 0 Å². The Bertz CT molecular complexity index is 291. The molecule has 0 unspecified atom stereocenters. The van der Waals surface area contributed by atoms with Crippen molar-refractivity contribution in [3.05, 3.63) is 0 Å². The van der Waals surface area contributed by atoms with Gasteiger partial charge in [0.05, 0.1) is 0 Å². The van der Waals surface area contributed by atoms with Crippen LogP contribution in [0.15, 0.2) is 0 Å². The second kappa shape index (κ2) is 6.74. The van der Waals surface area contributed by atoms with Gasteiger partial charge in [0.2, 0.25) is 5.91 Å². The van der Waals surface area contributed by atoms with Crippen molar-refractivity contribution >= 4 is 5.91 Å². The molecule has 0 aromatic heterocycles. The van der Waals surface area contributed by atoms with Gasteiger partial charge in [-0.1, -0.05) is 33.1 Å². The summed E-state index contributed by atoms with van der Waals surface area (Å²) in [5.74, 6) is 0.445. The van der Waals surface area contributed by atoms with Crippen molar-refractivity contribution in [2.24, 2.45) is 5.41 Å². The second-order valence-corrected chi connectivity index (χ2v) is 6.60. The van der Waals surface area contributed by atoms with Crippen molar-refractivity contribution in [1.82, 2.24) is 10.2 Å². The van der Waals surface area contributed by atoms with Crippen LogP contribution >= 0.6 is 0 Å². The van der Waals surface area contributed by atoms with Crippen molar-refractivity contribution in [3.63, 3.8) is 0 Å². The molecule has 1 amide bonds. The molecule has 0 radical (unpaired) electrons. The maximum atomic E-state index is 13.0. The fourth-order valence-corrected chi connectivity index (χ4v) is 3.70. The molecule has 1 heterocycles. The van der Waals surface area contributed by atoms with Crippen molar-refractivity contribution in [2.75, 3.05) is 19.6 Å². The molecule has 0 aromatic rings. The maximum Gasteiger partial charge on any atom is 0.228 e. The molecule has 3 heteroatoms. The maximum absolute atomic E-state index is 13.0. The van der Waals surface area contributed by atoms with E-state index in [0.717, 1.165) is 51.7 Å². The van der Waals surface area contributed by atoms with Gasteiger partial charge >= 0.3 is 0 Å². The van der Waals surface area contributed by atoms with Crippen LogP contribution in [-0.2, 0) is 4.79 Å². The summed E-state index contributed by atoms with van der Waals surface area (Å²) in [5.41, 5.74) is -0.0711. The molecule has 19 heavy (non-hydrogen) atoms. The molecule has 0 bridgehead atoms. The van der Waals surface area contributed by atoms with Gasteiger partial charge in [-0.15, -0.1) is 0 Å². The summed E-state index contributed by atoms with van der Waals surface area (Å²) in [4.78, 5) is 15.2. The van der Waals surface area contributed by atoms with E-state index in [9.17, 15) is 4.79 Å². The number of rotatable bonds is 4. The first-order chi connectivity index (χ1) is 9.17. The smallest absolute Gasteiger partial charge is 0.228 e. The lowest BCUT2D eigenvalue weighted by molar-refractivity contribution is -0.146. The highest BCUT2D eigenvalue weighted by Crippen LogP contribution is 2.38. The third-order valence-electron chi connectivity index (χ3n) is 4.95. The Morgan fingerprint density at radius 1 is 1.21 bits per heavy atom. The Hall–Kier alpha value is -0.570. The summed E-state index contributed by atoms with van der Waals surface area (Å²) in [6.07, 6.45) is 9.29. The number of carbonyl (C=O) groups is 1. The van der Waals surface area contributed by atoms with E-state index in [1.807, 2.05) is 0 Å². The van der Waals surface area contributed by atoms with Crippen LogP contribution in [0.1, 0.15) is 65.2 Å². The minimum absolute atomic E-state index is 0.0711. The van der Waals surface area contributed by atoms with E-state index in [-0.39, 0.29) is 5.41 Å². The molecule has 2 rings (SSSR count). The zero-order valence-corrected chi connectivity index (χ0v) is 12.7. The van der Waals surface area contributed by atoms with Gasteiger partial charge in [0.25, 0.3) is 0 Å². The highest BCUT2D eigenvalue weighted by Gasteiger charge is 2.39. The molecule has 1 N–H and O–H groups in total. The average Bonchev–Trinajstić information content (AvgIpc) is 2.46. The van der Waals surface area contributed by atoms with Crippen LogP contribution in [0.2, 0.25) is 0 Å². The van der Waals surface area contributed by atoms with Crippen molar-refractivity contribution in [2.45, 2.75) is 71.3 Å². The van der Waals surface area contributed by atoms with Crippen LogP contribution in [-0.4, -0.2) is 36.5 Å². The Balaban J connectivity index is 2.06. The molecule has 1 aliphatic heterocycles. The van der Waals surface area contributed by atoms with E-state index in [1.165, 1.54) is 19.3 Å². The summed E-state index contributed by atoms with van der Waals surface area (Å²) in [6.45, 7) is 7.46. The summed E-state index contributed by atoms with van der Waals surface area (Å²) >= 11 is 0. The van der Waals surface area contributed by atoms with Gasteiger partial charge < -0.3 is 10.2 Å². The molecule has 1 saturated carbocycles. The largest absolute Gasteiger partial charge is 0.339 e. The number of piperidine rings is 1. The van der Waals surface area contributed by atoms with Crippen LogP contribution in [0.4, 0.5) is 0 Å². The molecule has 3 nitrogen and oxygen atoms in total. The van der Waals surface area contributed by atoms with Gasteiger partial charge in [0, 0.05) is 18.0 Å². The van der Waals surface area contributed by atoms with Crippen LogP contribution in [0, 0.1) is 5.41 Å². The minimum Gasteiger partial charge on any atom is -0.339 e. The molecule has 0 atom stereocenters. The molecule has 1 saturated heterocycles. The summed E-state index contributed by atoms with van der Waals surface area (Å²) in [5, 5.41) is 3.40. The van der Waals surface area contributed by atoms with Crippen LogP contribution in [0.25, 0.3) is 0 Å². The highest BCUT2D eigenvalue weighted by atomic mass is 16.2. The van der Waals surface area contributed by atoms with Crippen molar-refractivity contribution < 1.29 is 4.79 Å². The molecule has 0 aromatic carbocycles. The predicted molar refractivity (Wildman–Crippen MR) is 79.1 cm³/mol. The zero-order chi connectivity index (χ0) is 13.7. The molecule has 2 aliphatic rings. The SMILES string of the molecule is CCCN(C(=O)C1(C)CCCCC1)C1CCNCC1. The number of nitrogens with zero attached hydrogens (tertiary/aromatic N) is 1. The zero-order valence-electron chi connectivity index (χ0n) is 12.7. The lowest BCUT2D eigenvalue weighted by Crippen LogP contribution is -2.51.